The highest BCUT2D eigenvalue weighted by Crippen LogP contribution is 2.10. The van der Waals surface area contributed by atoms with Gasteiger partial charge < -0.3 is 4.90 Å². The SMILES string of the molecule is CCc1ccc(CN(C)C(=O)CCn2c(=O)[nH]c(=O)c3ccccc32)cc1. The molecule has 2 aromatic carbocycles. The second-order valence-electron chi connectivity index (χ2n) is 6.60. The fourth-order valence-electron chi connectivity index (χ4n) is 3.11. The van der Waals surface area contributed by atoms with Crippen molar-refractivity contribution in [3.05, 3.63) is 80.5 Å². The summed E-state index contributed by atoms with van der Waals surface area (Å²) < 4.78 is 1.44. The Morgan fingerprint density at radius 2 is 1.70 bits per heavy atom. The zero-order valence-corrected chi connectivity index (χ0v) is 15.6. The smallest absolute Gasteiger partial charge is 0.328 e. The summed E-state index contributed by atoms with van der Waals surface area (Å²) in [7, 11) is 1.75. The monoisotopic (exact) mass is 365 g/mol. The number of nitrogens with zero attached hydrogens (tertiary/aromatic N) is 2. The summed E-state index contributed by atoms with van der Waals surface area (Å²) in [4.78, 5) is 40.5. The third kappa shape index (κ3) is 4.16. The molecule has 0 spiro atoms. The van der Waals surface area contributed by atoms with Gasteiger partial charge in [-0.25, -0.2) is 4.79 Å². The van der Waals surface area contributed by atoms with E-state index in [0.717, 1.165) is 12.0 Å². The van der Waals surface area contributed by atoms with Crippen molar-refractivity contribution in [3.8, 4) is 0 Å². The van der Waals surface area contributed by atoms with Crippen molar-refractivity contribution in [2.75, 3.05) is 7.05 Å². The molecule has 0 saturated carbocycles. The lowest BCUT2D eigenvalue weighted by Crippen LogP contribution is -2.33. The van der Waals surface area contributed by atoms with Crippen LogP contribution < -0.4 is 11.2 Å². The number of nitrogens with one attached hydrogen (secondary N) is 1. The molecule has 6 nitrogen and oxygen atoms in total. The molecule has 0 bridgehead atoms. The number of aromatic amines is 1. The van der Waals surface area contributed by atoms with E-state index in [4.69, 9.17) is 0 Å². The van der Waals surface area contributed by atoms with Gasteiger partial charge in [-0.3, -0.25) is 19.1 Å². The van der Waals surface area contributed by atoms with E-state index < -0.39 is 11.2 Å². The second-order valence-corrected chi connectivity index (χ2v) is 6.60. The van der Waals surface area contributed by atoms with Crippen LogP contribution in [0.3, 0.4) is 0 Å². The van der Waals surface area contributed by atoms with Crippen LogP contribution in [0.1, 0.15) is 24.5 Å². The molecule has 1 N–H and O–H groups in total. The van der Waals surface area contributed by atoms with Gasteiger partial charge in [0.05, 0.1) is 10.9 Å². The van der Waals surface area contributed by atoms with Gasteiger partial charge in [0.15, 0.2) is 0 Å². The van der Waals surface area contributed by atoms with E-state index in [0.29, 0.717) is 17.4 Å². The van der Waals surface area contributed by atoms with E-state index in [2.05, 4.69) is 24.0 Å². The Balaban J connectivity index is 1.71. The summed E-state index contributed by atoms with van der Waals surface area (Å²) in [6.07, 6.45) is 1.16. The summed E-state index contributed by atoms with van der Waals surface area (Å²) in [5, 5.41) is 0.439. The zero-order valence-electron chi connectivity index (χ0n) is 15.6. The molecule has 0 aliphatic rings. The van der Waals surface area contributed by atoms with Gasteiger partial charge >= 0.3 is 5.69 Å². The predicted octanol–water partition coefficient (Wildman–Crippen LogP) is 2.30. The van der Waals surface area contributed by atoms with Gasteiger partial charge in [0.25, 0.3) is 5.56 Å². The third-order valence-electron chi connectivity index (χ3n) is 4.73. The number of benzene rings is 2. The van der Waals surface area contributed by atoms with E-state index in [1.807, 2.05) is 12.1 Å². The Kier molecular flexibility index (Phi) is 5.54. The normalized spacial score (nSPS) is 10.9. The van der Waals surface area contributed by atoms with Crippen LogP contribution in [0.25, 0.3) is 10.9 Å². The quantitative estimate of drug-likeness (QED) is 0.728. The van der Waals surface area contributed by atoms with Crippen LogP contribution in [0, 0.1) is 0 Å². The van der Waals surface area contributed by atoms with E-state index in [-0.39, 0.29) is 18.9 Å². The van der Waals surface area contributed by atoms with Gasteiger partial charge in [0.2, 0.25) is 5.91 Å². The number of fused-ring (bicyclic) bond motifs is 1. The van der Waals surface area contributed by atoms with E-state index in [9.17, 15) is 14.4 Å². The molecule has 0 saturated heterocycles. The number of amides is 1. The van der Waals surface area contributed by atoms with Crippen LogP contribution in [-0.4, -0.2) is 27.4 Å². The molecule has 6 heteroatoms. The number of para-hydroxylation sites is 1. The maximum Gasteiger partial charge on any atom is 0.328 e. The molecule has 3 aromatic rings. The Labute approximate surface area is 157 Å². The Hall–Kier alpha value is -3.15. The molecule has 1 heterocycles. The lowest BCUT2D eigenvalue weighted by Gasteiger charge is -2.18. The fraction of sp³-hybridized carbons (Fsp3) is 0.286. The van der Waals surface area contributed by atoms with Crippen molar-refractivity contribution in [1.82, 2.24) is 14.5 Å². The highest BCUT2D eigenvalue weighted by atomic mass is 16.2. The summed E-state index contributed by atoms with van der Waals surface area (Å²) in [5.74, 6) is -0.0586. The van der Waals surface area contributed by atoms with Gasteiger partial charge in [0, 0.05) is 26.6 Å². The van der Waals surface area contributed by atoms with Crippen molar-refractivity contribution < 1.29 is 4.79 Å². The average molecular weight is 365 g/mol. The number of aromatic nitrogens is 2. The minimum atomic E-state index is -0.496. The summed E-state index contributed by atoms with van der Waals surface area (Å²) >= 11 is 0. The van der Waals surface area contributed by atoms with Crippen molar-refractivity contribution in [1.29, 1.82) is 0 Å². The molecule has 0 aliphatic carbocycles. The van der Waals surface area contributed by atoms with Crippen LogP contribution in [0.5, 0.6) is 0 Å². The molecule has 3 rings (SSSR count). The lowest BCUT2D eigenvalue weighted by molar-refractivity contribution is -0.130. The van der Waals surface area contributed by atoms with Gasteiger partial charge in [-0.2, -0.15) is 0 Å². The van der Waals surface area contributed by atoms with Gasteiger partial charge in [-0.1, -0.05) is 43.3 Å². The Morgan fingerprint density at radius 3 is 2.41 bits per heavy atom. The van der Waals surface area contributed by atoms with Crippen molar-refractivity contribution >= 4 is 16.8 Å². The number of rotatable bonds is 6. The summed E-state index contributed by atoms with van der Waals surface area (Å²) in [6, 6.07) is 15.1. The van der Waals surface area contributed by atoms with Crippen molar-refractivity contribution in [2.45, 2.75) is 32.9 Å². The largest absolute Gasteiger partial charge is 0.341 e. The first-order chi connectivity index (χ1) is 13.0. The van der Waals surface area contributed by atoms with E-state index in [1.165, 1.54) is 10.1 Å². The molecule has 1 amide bonds. The minimum Gasteiger partial charge on any atom is -0.341 e. The standard InChI is InChI=1S/C21H23N3O3/c1-3-15-8-10-16(11-9-15)14-23(2)19(25)12-13-24-18-7-5-4-6-17(18)20(26)22-21(24)27/h4-11H,3,12-14H2,1-2H3,(H,22,26,27). The maximum absolute atomic E-state index is 12.5. The molecular formula is C21H23N3O3. The zero-order chi connectivity index (χ0) is 19.4. The number of H-pyrrole nitrogens is 1. The highest BCUT2D eigenvalue weighted by Gasteiger charge is 2.12. The Bertz CT molecular complexity index is 1060. The Morgan fingerprint density at radius 1 is 1.04 bits per heavy atom. The lowest BCUT2D eigenvalue weighted by atomic mass is 10.1. The molecule has 0 atom stereocenters. The fourth-order valence-corrected chi connectivity index (χ4v) is 3.11. The first-order valence-electron chi connectivity index (χ1n) is 9.03. The molecule has 0 aliphatic heterocycles. The number of carbonyl (C=O) groups excluding carboxylic acids is 1. The van der Waals surface area contributed by atoms with E-state index >= 15 is 0 Å². The van der Waals surface area contributed by atoms with Crippen LogP contribution in [0.4, 0.5) is 0 Å². The number of hydrogen-bond donors (Lipinski definition) is 1. The first-order valence-corrected chi connectivity index (χ1v) is 9.03. The van der Waals surface area contributed by atoms with E-state index in [1.54, 1.807) is 36.2 Å². The second kappa shape index (κ2) is 8.03. The summed E-state index contributed by atoms with van der Waals surface area (Å²) in [6.45, 7) is 2.84. The number of hydrogen-bond acceptors (Lipinski definition) is 3. The van der Waals surface area contributed by atoms with Crippen molar-refractivity contribution in [3.63, 3.8) is 0 Å². The molecule has 27 heavy (non-hydrogen) atoms. The van der Waals surface area contributed by atoms with Crippen LogP contribution in [0.2, 0.25) is 0 Å². The topological polar surface area (TPSA) is 75.2 Å². The molecule has 0 unspecified atom stereocenters. The molecule has 1 aromatic heterocycles. The van der Waals surface area contributed by atoms with Crippen LogP contribution in [-0.2, 0) is 24.3 Å². The first kappa shape index (κ1) is 18.6. The summed E-state index contributed by atoms with van der Waals surface area (Å²) in [5.41, 5.74) is 1.96. The molecule has 0 fully saturated rings. The van der Waals surface area contributed by atoms with Crippen LogP contribution >= 0.6 is 0 Å². The molecular weight excluding hydrogens is 342 g/mol. The average Bonchev–Trinajstić information content (AvgIpc) is 2.68. The third-order valence-corrected chi connectivity index (χ3v) is 4.73. The number of aryl methyl sites for hydroxylation is 2. The minimum absolute atomic E-state index is 0.0586. The van der Waals surface area contributed by atoms with Crippen molar-refractivity contribution in [2.24, 2.45) is 0 Å². The highest BCUT2D eigenvalue weighted by molar-refractivity contribution is 5.78. The van der Waals surface area contributed by atoms with Gasteiger partial charge in [0.1, 0.15) is 0 Å². The molecule has 140 valence electrons. The number of carbonyl (C=O) groups is 1. The van der Waals surface area contributed by atoms with Gasteiger partial charge in [-0.15, -0.1) is 0 Å². The predicted molar refractivity (Wildman–Crippen MR) is 106 cm³/mol. The molecule has 0 radical (unpaired) electrons. The maximum atomic E-state index is 12.5. The van der Waals surface area contributed by atoms with Crippen LogP contribution in [0.15, 0.2) is 58.1 Å². The van der Waals surface area contributed by atoms with Gasteiger partial charge in [-0.05, 0) is 29.7 Å².